The molecule has 21 heavy (non-hydrogen) atoms. The molecule has 3 heterocycles. The van der Waals surface area contributed by atoms with Gasteiger partial charge in [0, 0.05) is 17.6 Å². The van der Waals surface area contributed by atoms with Crippen LogP contribution >= 0.6 is 11.3 Å². The van der Waals surface area contributed by atoms with Crippen molar-refractivity contribution in [1.29, 1.82) is 0 Å². The minimum atomic E-state index is 0.624. The maximum absolute atomic E-state index is 5.62. The van der Waals surface area contributed by atoms with Gasteiger partial charge in [0.2, 0.25) is 0 Å². The van der Waals surface area contributed by atoms with Gasteiger partial charge >= 0.3 is 0 Å². The van der Waals surface area contributed by atoms with Gasteiger partial charge in [0.1, 0.15) is 11.8 Å². The quantitative estimate of drug-likeness (QED) is 0.703. The summed E-state index contributed by atoms with van der Waals surface area (Å²) >= 11 is 1.48. The van der Waals surface area contributed by atoms with E-state index < -0.39 is 0 Å². The van der Waals surface area contributed by atoms with E-state index in [0.717, 1.165) is 47.6 Å². The Labute approximate surface area is 126 Å². The van der Waals surface area contributed by atoms with Crippen LogP contribution in [0.2, 0.25) is 0 Å². The van der Waals surface area contributed by atoms with E-state index in [4.69, 9.17) is 5.73 Å². The third kappa shape index (κ3) is 3.25. The van der Waals surface area contributed by atoms with Gasteiger partial charge in [-0.3, -0.25) is 0 Å². The fraction of sp³-hybridized carbons (Fsp3) is 0.286. The van der Waals surface area contributed by atoms with Crippen molar-refractivity contribution in [1.82, 2.24) is 19.9 Å². The van der Waals surface area contributed by atoms with Gasteiger partial charge in [0.25, 0.3) is 0 Å². The Morgan fingerprint density at radius 1 is 1.24 bits per heavy atom. The molecule has 0 aliphatic carbocycles. The van der Waals surface area contributed by atoms with Gasteiger partial charge in [0.05, 0.1) is 11.2 Å². The maximum Gasteiger partial charge on any atom is 0.180 e. The lowest BCUT2D eigenvalue weighted by molar-refractivity contribution is 0.840. The number of nitrogens with one attached hydrogen (secondary N) is 1. The van der Waals surface area contributed by atoms with Crippen LogP contribution < -0.4 is 11.1 Å². The summed E-state index contributed by atoms with van der Waals surface area (Å²) < 4.78 is 0. The fourth-order valence-corrected chi connectivity index (χ4v) is 2.68. The lowest BCUT2D eigenvalue weighted by Crippen LogP contribution is -2.06. The van der Waals surface area contributed by atoms with Crippen LogP contribution in [0, 0.1) is 6.92 Å². The zero-order valence-corrected chi connectivity index (χ0v) is 12.5. The molecule has 0 unspecified atom stereocenters. The molecule has 0 saturated heterocycles. The molecule has 0 amide bonds. The van der Waals surface area contributed by atoms with Crippen LogP contribution in [0.3, 0.4) is 0 Å². The van der Waals surface area contributed by atoms with E-state index >= 15 is 0 Å². The summed E-state index contributed by atoms with van der Waals surface area (Å²) in [7, 11) is 0. The van der Waals surface area contributed by atoms with Gasteiger partial charge in [-0.1, -0.05) is 0 Å². The normalized spacial score (nSPS) is 10.9. The number of anilines is 2. The summed E-state index contributed by atoms with van der Waals surface area (Å²) in [6.45, 7) is 2.77. The molecule has 0 aliphatic heterocycles. The minimum absolute atomic E-state index is 0.624. The Balaban J connectivity index is 1.64. The molecule has 108 valence electrons. The summed E-state index contributed by atoms with van der Waals surface area (Å²) in [5, 5.41) is 5.95. The van der Waals surface area contributed by atoms with Crippen molar-refractivity contribution in [2.24, 2.45) is 0 Å². The highest BCUT2D eigenvalue weighted by molar-refractivity contribution is 7.13. The SMILES string of the molecule is Cc1ccc2ncnc(NCCCc3csc(N)n3)c2n1. The third-order valence-electron chi connectivity index (χ3n) is 3.09. The van der Waals surface area contributed by atoms with Crippen LogP contribution in [0.1, 0.15) is 17.8 Å². The first-order chi connectivity index (χ1) is 10.2. The van der Waals surface area contributed by atoms with E-state index in [1.54, 1.807) is 6.33 Å². The zero-order valence-electron chi connectivity index (χ0n) is 11.7. The van der Waals surface area contributed by atoms with Crippen molar-refractivity contribution in [2.75, 3.05) is 17.6 Å². The van der Waals surface area contributed by atoms with Crippen LogP contribution in [-0.4, -0.2) is 26.5 Å². The number of nitrogen functional groups attached to an aromatic ring is 1. The first-order valence-corrected chi connectivity index (χ1v) is 7.62. The van der Waals surface area contributed by atoms with Crippen LogP contribution in [0.15, 0.2) is 23.8 Å². The number of nitrogens with two attached hydrogens (primary N) is 1. The Kier molecular flexibility index (Phi) is 3.92. The summed E-state index contributed by atoms with van der Waals surface area (Å²) in [5.41, 5.74) is 9.28. The number of rotatable bonds is 5. The third-order valence-corrected chi connectivity index (χ3v) is 3.82. The van der Waals surface area contributed by atoms with Crippen molar-refractivity contribution in [3.05, 3.63) is 35.2 Å². The number of aryl methyl sites for hydroxylation is 2. The summed E-state index contributed by atoms with van der Waals surface area (Å²) in [6, 6.07) is 3.91. The van der Waals surface area contributed by atoms with Crippen LogP contribution in [0.5, 0.6) is 0 Å². The van der Waals surface area contributed by atoms with Crippen molar-refractivity contribution in [3.8, 4) is 0 Å². The van der Waals surface area contributed by atoms with Crippen LogP contribution in [0.4, 0.5) is 10.9 Å². The van der Waals surface area contributed by atoms with Gasteiger partial charge in [-0.05, 0) is 31.9 Å². The minimum Gasteiger partial charge on any atom is -0.375 e. The topological polar surface area (TPSA) is 89.6 Å². The standard InChI is InChI=1S/C14H16N6S/c1-9-4-5-11-12(19-9)13(18-8-17-11)16-6-2-3-10-7-21-14(15)20-10/h4-5,7-8H,2-3,6H2,1H3,(H2,15,20)(H,16,17,18). The Morgan fingerprint density at radius 3 is 2.95 bits per heavy atom. The lowest BCUT2D eigenvalue weighted by atomic mass is 10.2. The zero-order chi connectivity index (χ0) is 14.7. The molecule has 0 bridgehead atoms. The molecule has 3 aromatic heterocycles. The van der Waals surface area contributed by atoms with E-state index in [1.165, 1.54) is 11.3 Å². The summed E-state index contributed by atoms with van der Waals surface area (Å²) in [6.07, 6.45) is 3.42. The molecule has 3 N–H and O–H groups in total. The number of fused-ring (bicyclic) bond motifs is 1. The van der Waals surface area contributed by atoms with Crippen molar-refractivity contribution < 1.29 is 0 Å². The second kappa shape index (κ2) is 6.01. The van der Waals surface area contributed by atoms with E-state index in [9.17, 15) is 0 Å². The van der Waals surface area contributed by atoms with Gasteiger partial charge in [-0.2, -0.15) is 0 Å². The van der Waals surface area contributed by atoms with E-state index in [2.05, 4.69) is 25.3 Å². The lowest BCUT2D eigenvalue weighted by Gasteiger charge is -2.07. The Hall–Kier alpha value is -2.28. The molecule has 3 rings (SSSR count). The van der Waals surface area contributed by atoms with E-state index in [-0.39, 0.29) is 0 Å². The maximum atomic E-state index is 5.62. The van der Waals surface area contributed by atoms with Gasteiger partial charge in [-0.15, -0.1) is 11.3 Å². The molecule has 6 nitrogen and oxygen atoms in total. The van der Waals surface area contributed by atoms with Gasteiger partial charge < -0.3 is 11.1 Å². The van der Waals surface area contributed by atoms with E-state index in [0.29, 0.717) is 5.13 Å². The number of nitrogens with zero attached hydrogens (tertiary/aromatic N) is 4. The second-order valence-corrected chi connectivity index (χ2v) is 5.64. The molecule has 0 aliphatic rings. The average molecular weight is 300 g/mol. The van der Waals surface area contributed by atoms with Crippen molar-refractivity contribution in [2.45, 2.75) is 19.8 Å². The average Bonchev–Trinajstić information content (AvgIpc) is 2.89. The van der Waals surface area contributed by atoms with Crippen molar-refractivity contribution >= 4 is 33.3 Å². The van der Waals surface area contributed by atoms with Crippen LogP contribution in [0.25, 0.3) is 11.0 Å². The monoisotopic (exact) mass is 300 g/mol. The summed E-state index contributed by atoms with van der Waals surface area (Å²) in [5.74, 6) is 0.779. The number of hydrogen-bond acceptors (Lipinski definition) is 7. The highest BCUT2D eigenvalue weighted by Gasteiger charge is 2.05. The van der Waals surface area contributed by atoms with Gasteiger partial charge in [0.15, 0.2) is 10.9 Å². The smallest absolute Gasteiger partial charge is 0.180 e. The number of thiazole rings is 1. The molecule has 0 atom stereocenters. The van der Waals surface area contributed by atoms with E-state index in [1.807, 2.05) is 24.4 Å². The molecule has 3 aromatic rings. The molecule has 0 radical (unpaired) electrons. The Bertz CT molecular complexity index is 754. The number of hydrogen-bond donors (Lipinski definition) is 2. The molecule has 0 spiro atoms. The second-order valence-electron chi connectivity index (χ2n) is 4.75. The summed E-state index contributed by atoms with van der Waals surface area (Å²) in [4.78, 5) is 17.3. The molecular formula is C14H16N6S. The van der Waals surface area contributed by atoms with Crippen LogP contribution in [-0.2, 0) is 6.42 Å². The molecular weight excluding hydrogens is 284 g/mol. The fourth-order valence-electron chi connectivity index (χ4n) is 2.08. The number of aromatic nitrogens is 4. The highest BCUT2D eigenvalue weighted by Crippen LogP contribution is 2.17. The molecule has 0 aromatic carbocycles. The molecule has 7 heteroatoms. The van der Waals surface area contributed by atoms with Crippen molar-refractivity contribution in [3.63, 3.8) is 0 Å². The largest absolute Gasteiger partial charge is 0.375 e. The first-order valence-electron chi connectivity index (χ1n) is 6.74. The molecule has 0 saturated carbocycles. The predicted molar refractivity (Wildman–Crippen MR) is 85.4 cm³/mol. The highest BCUT2D eigenvalue weighted by atomic mass is 32.1. The Morgan fingerprint density at radius 2 is 2.14 bits per heavy atom. The number of pyridine rings is 1. The first kappa shape index (κ1) is 13.7. The van der Waals surface area contributed by atoms with Gasteiger partial charge in [-0.25, -0.2) is 19.9 Å². The molecule has 0 fully saturated rings. The predicted octanol–water partition coefficient (Wildman–Crippen LogP) is 2.42.